The molecule has 2 heterocycles. The largest absolute Gasteiger partial charge is 0.493 e. The Kier molecular flexibility index (Phi) is 2.82. The minimum absolute atomic E-state index is 0.240. The van der Waals surface area contributed by atoms with Gasteiger partial charge in [0.25, 0.3) is 0 Å². The molecule has 0 atom stereocenters. The second-order valence-corrected chi connectivity index (χ2v) is 4.67. The Hall–Kier alpha value is -2.56. The molecule has 0 N–H and O–H groups in total. The van der Waals surface area contributed by atoms with Crippen LogP contribution < -0.4 is 4.74 Å². The molecule has 102 valence electrons. The highest BCUT2D eigenvalue weighted by atomic mass is 16.5. The Balaban J connectivity index is 2.10. The number of methoxy groups -OCH3 is 1. The number of aryl methyl sites for hydroxylation is 2. The summed E-state index contributed by atoms with van der Waals surface area (Å²) in [5, 5.41) is 4.94. The van der Waals surface area contributed by atoms with E-state index >= 15 is 0 Å². The summed E-state index contributed by atoms with van der Waals surface area (Å²) in [5.41, 5.74) is 2.19. The number of aromatic nitrogens is 2. The Labute approximate surface area is 115 Å². The number of fused-ring (bicyclic) bond motifs is 1. The van der Waals surface area contributed by atoms with E-state index in [1.807, 2.05) is 25.1 Å². The topological polar surface area (TPSA) is 57.3 Å². The van der Waals surface area contributed by atoms with E-state index in [4.69, 9.17) is 9.15 Å². The minimum Gasteiger partial charge on any atom is -0.493 e. The van der Waals surface area contributed by atoms with Gasteiger partial charge < -0.3 is 9.15 Å². The van der Waals surface area contributed by atoms with Crippen LogP contribution in [0.1, 0.15) is 21.8 Å². The van der Waals surface area contributed by atoms with Gasteiger partial charge in [-0.2, -0.15) is 5.10 Å². The first-order chi connectivity index (χ1) is 9.60. The Bertz CT molecular complexity index is 799. The zero-order chi connectivity index (χ0) is 14.3. The van der Waals surface area contributed by atoms with Crippen LogP contribution in [0.25, 0.3) is 11.0 Å². The van der Waals surface area contributed by atoms with Crippen LogP contribution in [0.15, 0.2) is 34.9 Å². The van der Waals surface area contributed by atoms with E-state index in [1.165, 1.54) is 18.0 Å². The normalized spacial score (nSPS) is 10.9. The van der Waals surface area contributed by atoms with Crippen LogP contribution in [0.5, 0.6) is 5.75 Å². The number of ether oxygens (including phenoxy) is 1. The maximum atomic E-state index is 12.5. The number of hydrogen-bond donors (Lipinski definition) is 0. The summed E-state index contributed by atoms with van der Waals surface area (Å²) in [5.74, 6) is 0.484. The number of rotatable bonds is 3. The zero-order valence-corrected chi connectivity index (χ0v) is 11.5. The summed E-state index contributed by atoms with van der Waals surface area (Å²) in [6, 6.07) is 7.54. The second-order valence-electron chi connectivity index (χ2n) is 4.67. The number of hydrogen-bond acceptors (Lipinski definition) is 4. The van der Waals surface area contributed by atoms with Crippen molar-refractivity contribution < 1.29 is 13.9 Å². The third-order valence-corrected chi connectivity index (χ3v) is 3.24. The number of ketones is 1. The van der Waals surface area contributed by atoms with E-state index in [0.29, 0.717) is 17.0 Å². The molecule has 3 rings (SSSR count). The van der Waals surface area contributed by atoms with Crippen LogP contribution in [0.3, 0.4) is 0 Å². The summed E-state index contributed by atoms with van der Waals surface area (Å²) in [4.78, 5) is 12.5. The van der Waals surface area contributed by atoms with Crippen molar-refractivity contribution in [3.05, 3.63) is 47.5 Å². The van der Waals surface area contributed by atoms with Crippen molar-refractivity contribution in [2.45, 2.75) is 6.92 Å². The molecule has 0 spiro atoms. The molecule has 0 amide bonds. The quantitative estimate of drug-likeness (QED) is 0.687. The van der Waals surface area contributed by atoms with Gasteiger partial charge in [0.2, 0.25) is 5.78 Å². The zero-order valence-electron chi connectivity index (χ0n) is 11.5. The van der Waals surface area contributed by atoms with Crippen LogP contribution in [0, 0.1) is 6.92 Å². The first-order valence-electron chi connectivity index (χ1n) is 6.21. The first-order valence-corrected chi connectivity index (χ1v) is 6.21. The van der Waals surface area contributed by atoms with Gasteiger partial charge in [0.15, 0.2) is 17.2 Å². The Morgan fingerprint density at radius 1 is 1.35 bits per heavy atom. The number of nitrogens with zero attached hydrogens (tertiary/aromatic N) is 2. The third kappa shape index (κ3) is 1.87. The molecule has 1 aromatic carbocycles. The van der Waals surface area contributed by atoms with Gasteiger partial charge in [-0.1, -0.05) is 11.6 Å². The van der Waals surface area contributed by atoms with Gasteiger partial charge >= 0.3 is 0 Å². The predicted molar refractivity (Wildman–Crippen MR) is 74.1 cm³/mol. The van der Waals surface area contributed by atoms with Crippen LogP contribution >= 0.6 is 0 Å². The third-order valence-electron chi connectivity index (χ3n) is 3.24. The maximum absolute atomic E-state index is 12.5. The number of benzene rings is 1. The number of carbonyl (C=O) groups is 1. The summed E-state index contributed by atoms with van der Waals surface area (Å²) < 4.78 is 12.3. The molecule has 0 radical (unpaired) electrons. The van der Waals surface area contributed by atoms with Gasteiger partial charge in [0.1, 0.15) is 5.58 Å². The molecule has 5 heteroatoms. The van der Waals surface area contributed by atoms with Crippen molar-refractivity contribution in [1.82, 2.24) is 9.78 Å². The van der Waals surface area contributed by atoms with Crippen LogP contribution in [-0.4, -0.2) is 22.7 Å². The predicted octanol–water partition coefficient (Wildman–Crippen LogP) is 2.71. The molecule has 0 aliphatic rings. The lowest BCUT2D eigenvalue weighted by Gasteiger charge is -2.01. The summed E-state index contributed by atoms with van der Waals surface area (Å²) in [6.07, 6.45) is 1.51. The fraction of sp³-hybridized carbons (Fsp3) is 0.200. The molecule has 5 nitrogen and oxygen atoms in total. The summed E-state index contributed by atoms with van der Waals surface area (Å²) in [6.45, 7) is 2.00. The van der Waals surface area contributed by atoms with Crippen molar-refractivity contribution in [3.8, 4) is 5.75 Å². The van der Waals surface area contributed by atoms with E-state index < -0.39 is 0 Å². The fourth-order valence-corrected chi connectivity index (χ4v) is 2.22. The molecule has 0 saturated carbocycles. The SMILES string of the molecule is COc1cnn(C)c1C(=O)c1cc2cc(C)ccc2o1. The van der Waals surface area contributed by atoms with E-state index in [-0.39, 0.29) is 11.5 Å². The highest BCUT2D eigenvalue weighted by Gasteiger charge is 2.22. The average Bonchev–Trinajstić information content (AvgIpc) is 3.00. The van der Waals surface area contributed by atoms with Gasteiger partial charge in [0, 0.05) is 12.4 Å². The summed E-state index contributed by atoms with van der Waals surface area (Å²) in [7, 11) is 3.21. The van der Waals surface area contributed by atoms with Gasteiger partial charge in [-0.15, -0.1) is 0 Å². The first kappa shape index (κ1) is 12.5. The monoisotopic (exact) mass is 270 g/mol. The Morgan fingerprint density at radius 2 is 2.15 bits per heavy atom. The molecule has 0 unspecified atom stereocenters. The van der Waals surface area contributed by atoms with Crippen molar-refractivity contribution in [2.75, 3.05) is 7.11 Å². The molecular formula is C15H14N2O3. The fourth-order valence-electron chi connectivity index (χ4n) is 2.22. The molecule has 2 aromatic heterocycles. The minimum atomic E-state index is -0.240. The molecule has 0 fully saturated rings. The Morgan fingerprint density at radius 3 is 2.90 bits per heavy atom. The molecule has 0 aliphatic heterocycles. The number of carbonyl (C=O) groups excluding carboxylic acids is 1. The summed E-state index contributed by atoms with van der Waals surface area (Å²) >= 11 is 0. The van der Waals surface area contributed by atoms with E-state index in [9.17, 15) is 4.79 Å². The molecular weight excluding hydrogens is 256 g/mol. The lowest BCUT2D eigenvalue weighted by Crippen LogP contribution is -2.08. The second kappa shape index (κ2) is 4.52. The van der Waals surface area contributed by atoms with E-state index in [0.717, 1.165) is 10.9 Å². The number of furan rings is 1. The van der Waals surface area contributed by atoms with Gasteiger partial charge in [0.05, 0.1) is 13.3 Å². The standard InChI is InChI=1S/C15H14N2O3/c1-9-4-5-11-10(6-9)7-12(20-11)15(18)14-13(19-3)8-16-17(14)2/h4-8H,1-3H3. The lowest BCUT2D eigenvalue weighted by atomic mass is 10.1. The van der Waals surface area contributed by atoms with Gasteiger partial charge in [-0.05, 0) is 25.1 Å². The molecule has 0 bridgehead atoms. The van der Waals surface area contributed by atoms with E-state index in [1.54, 1.807) is 13.1 Å². The average molecular weight is 270 g/mol. The van der Waals surface area contributed by atoms with Gasteiger partial charge in [-0.25, -0.2) is 0 Å². The lowest BCUT2D eigenvalue weighted by molar-refractivity contribution is 0.0999. The van der Waals surface area contributed by atoms with Gasteiger partial charge in [-0.3, -0.25) is 9.48 Å². The maximum Gasteiger partial charge on any atom is 0.249 e. The van der Waals surface area contributed by atoms with E-state index in [2.05, 4.69) is 5.10 Å². The molecule has 3 aromatic rings. The molecule has 0 aliphatic carbocycles. The van der Waals surface area contributed by atoms with Crippen molar-refractivity contribution >= 4 is 16.8 Å². The van der Waals surface area contributed by atoms with Crippen LogP contribution in [-0.2, 0) is 7.05 Å². The highest BCUT2D eigenvalue weighted by Crippen LogP contribution is 2.25. The highest BCUT2D eigenvalue weighted by molar-refractivity contribution is 6.09. The molecule has 0 saturated heterocycles. The van der Waals surface area contributed by atoms with Crippen molar-refractivity contribution in [2.24, 2.45) is 7.05 Å². The van der Waals surface area contributed by atoms with Crippen molar-refractivity contribution in [3.63, 3.8) is 0 Å². The van der Waals surface area contributed by atoms with Crippen molar-refractivity contribution in [1.29, 1.82) is 0 Å². The smallest absolute Gasteiger partial charge is 0.249 e. The van der Waals surface area contributed by atoms with Crippen LogP contribution in [0.4, 0.5) is 0 Å². The molecule has 20 heavy (non-hydrogen) atoms. The van der Waals surface area contributed by atoms with Crippen LogP contribution in [0.2, 0.25) is 0 Å².